The fourth-order valence-corrected chi connectivity index (χ4v) is 7.56. The van der Waals surface area contributed by atoms with Gasteiger partial charge in [-0.15, -0.1) is 0 Å². The number of aromatic nitrogens is 4. The largest absolute Gasteiger partial charge is 0.456 e. The van der Waals surface area contributed by atoms with E-state index in [-0.39, 0.29) is 27.6 Å². The van der Waals surface area contributed by atoms with Crippen LogP contribution in [0.3, 0.4) is 0 Å². The zero-order chi connectivity index (χ0) is 39.8. The molecule has 10 rings (SSSR count). The van der Waals surface area contributed by atoms with Gasteiger partial charge in [-0.3, -0.25) is 0 Å². The molecule has 0 saturated carbocycles. The second-order valence-electron chi connectivity index (χ2n) is 13.9. The third kappa shape index (κ3) is 6.03. The highest BCUT2D eigenvalue weighted by Crippen LogP contribution is 2.43. The van der Waals surface area contributed by atoms with Crippen LogP contribution in [0.4, 0.5) is 26.3 Å². The monoisotopic (exact) mass is 776 g/mol. The van der Waals surface area contributed by atoms with Crippen molar-refractivity contribution in [1.82, 2.24) is 19.5 Å². The van der Waals surface area contributed by atoms with Crippen LogP contribution >= 0.6 is 0 Å². The second kappa shape index (κ2) is 13.2. The summed E-state index contributed by atoms with van der Waals surface area (Å²) in [5, 5.41) is 1.93. The zero-order valence-corrected chi connectivity index (χ0v) is 30.0. The minimum Gasteiger partial charge on any atom is -0.456 e. The van der Waals surface area contributed by atoms with Gasteiger partial charge in [-0.1, -0.05) is 91.0 Å². The molecule has 282 valence electrons. The molecule has 0 N–H and O–H groups in total. The van der Waals surface area contributed by atoms with Gasteiger partial charge in [0.05, 0.1) is 27.8 Å². The van der Waals surface area contributed by atoms with Crippen molar-refractivity contribution in [2.45, 2.75) is 12.4 Å². The average Bonchev–Trinajstić information content (AvgIpc) is 3.78. The molecule has 0 unspecified atom stereocenters. The highest BCUT2D eigenvalue weighted by atomic mass is 19.4. The van der Waals surface area contributed by atoms with Crippen molar-refractivity contribution in [3.63, 3.8) is 0 Å². The summed E-state index contributed by atoms with van der Waals surface area (Å²) in [6, 6.07) is 44.1. The number of benzene rings is 7. The van der Waals surface area contributed by atoms with Gasteiger partial charge in [-0.25, -0.2) is 15.0 Å². The van der Waals surface area contributed by atoms with Crippen molar-refractivity contribution >= 4 is 43.7 Å². The molecule has 3 aromatic heterocycles. The summed E-state index contributed by atoms with van der Waals surface area (Å²) in [5.41, 5.74) is 3.83. The molecule has 0 fully saturated rings. The Hall–Kier alpha value is -7.27. The first-order chi connectivity index (χ1) is 28.0. The van der Waals surface area contributed by atoms with Gasteiger partial charge in [0.25, 0.3) is 0 Å². The van der Waals surface area contributed by atoms with E-state index >= 15 is 0 Å². The Bertz CT molecular complexity index is 3080. The maximum Gasteiger partial charge on any atom is 0.416 e. The quantitative estimate of drug-likeness (QED) is 0.163. The number of nitrogens with zero attached hydrogens (tertiary/aromatic N) is 4. The Morgan fingerprint density at radius 1 is 0.397 bits per heavy atom. The summed E-state index contributed by atoms with van der Waals surface area (Å²) < 4.78 is 92.5. The number of rotatable bonds is 5. The lowest BCUT2D eigenvalue weighted by Crippen LogP contribution is -2.05. The van der Waals surface area contributed by atoms with E-state index in [1.54, 1.807) is 10.6 Å². The summed E-state index contributed by atoms with van der Waals surface area (Å²) in [7, 11) is 0. The molecule has 0 aliphatic heterocycles. The molecule has 7 aromatic carbocycles. The van der Waals surface area contributed by atoms with Crippen LogP contribution in [0.1, 0.15) is 11.1 Å². The van der Waals surface area contributed by atoms with Gasteiger partial charge < -0.3 is 8.98 Å². The minimum absolute atomic E-state index is 0.00637. The van der Waals surface area contributed by atoms with Gasteiger partial charge in [0.1, 0.15) is 11.2 Å². The summed E-state index contributed by atoms with van der Waals surface area (Å²) >= 11 is 0. The summed E-state index contributed by atoms with van der Waals surface area (Å²) in [4.78, 5) is 14.8. The van der Waals surface area contributed by atoms with E-state index in [0.717, 1.165) is 51.7 Å². The molecule has 0 saturated heterocycles. The number of hydrogen-bond donors (Lipinski definition) is 0. The molecule has 10 aromatic rings. The molecular weight excluding hydrogens is 751 g/mol. The van der Waals surface area contributed by atoms with Gasteiger partial charge in [-0.2, -0.15) is 26.3 Å². The normalized spacial score (nSPS) is 12.3. The van der Waals surface area contributed by atoms with Gasteiger partial charge in [-0.05, 0) is 77.9 Å². The van der Waals surface area contributed by atoms with Crippen LogP contribution in [0, 0.1) is 0 Å². The minimum atomic E-state index is -4.73. The molecule has 0 atom stereocenters. The molecule has 58 heavy (non-hydrogen) atoms. The van der Waals surface area contributed by atoms with E-state index in [2.05, 4.69) is 0 Å². The van der Waals surface area contributed by atoms with Crippen LogP contribution in [0.15, 0.2) is 162 Å². The van der Waals surface area contributed by atoms with Crippen LogP contribution in [-0.2, 0) is 12.4 Å². The first-order valence-electron chi connectivity index (χ1n) is 18.2. The zero-order valence-electron chi connectivity index (χ0n) is 30.0. The van der Waals surface area contributed by atoms with E-state index in [1.165, 1.54) is 12.1 Å². The van der Waals surface area contributed by atoms with Crippen LogP contribution in [0.25, 0.3) is 94.7 Å². The number of furan rings is 1. The topological polar surface area (TPSA) is 56.7 Å². The highest BCUT2D eigenvalue weighted by Gasteiger charge is 2.34. The fourth-order valence-electron chi connectivity index (χ4n) is 7.56. The summed E-state index contributed by atoms with van der Waals surface area (Å²) in [5.74, 6) is 0.982. The molecule has 0 aliphatic carbocycles. The predicted octanol–water partition coefficient (Wildman–Crippen LogP) is 13.6. The number of para-hydroxylation sites is 1. The molecule has 0 aliphatic rings. The summed E-state index contributed by atoms with van der Waals surface area (Å²) in [6.07, 6.45) is -9.46. The Balaban J connectivity index is 1.28. The number of fused-ring (bicyclic) bond motifs is 6. The molecule has 3 heterocycles. The predicted molar refractivity (Wildman–Crippen MR) is 213 cm³/mol. The van der Waals surface area contributed by atoms with Crippen molar-refractivity contribution in [2.75, 3.05) is 0 Å². The van der Waals surface area contributed by atoms with E-state index in [1.807, 2.05) is 115 Å². The maximum atomic E-state index is 14.1. The molecule has 0 radical (unpaired) electrons. The third-order valence-corrected chi connectivity index (χ3v) is 10.3. The van der Waals surface area contributed by atoms with Crippen molar-refractivity contribution in [3.8, 4) is 51.0 Å². The second-order valence-corrected chi connectivity index (χ2v) is 13.9. The fraction of sp³-hybridized carbons (Fsp3) is 0.0426. The van der Waals surface area contributed by atoms with Crippen LogP contribution < -0.4 is 0 Å². The number of hydrogen-bond acceptors (Lipinski definition) is 4. The maximum absolute atomic E-state index is 14.1. The summed E-state index contributed by atoms with van der Waals surface area (Å²) in [6.45, 7) is 0. The van der Waals surface area contributed by atoms with Crippen molar-refractivity contribution < 1.29 is 30.8 Å². The van der Waals surface area contributed by atoms with Gasteiger partial charge in [0.15, 0.2) is 17.5 Å². The van der Waals surface area contributed by atoms with E-state index in [0.29, 0.717) is 39.6 Å². The molecular formula is C47H26F6N4O. The molecule has 0 bridgehead atoms. The lowest BCUT2D eigenvalue weighted by Gasteiger charge is -2.17. The van der Waals surface area contributed by atoms with Gasteiger partial charge >= 0.3 is 12.4 Å². The molecule has 5 nitrogen and oxygen atoms in total. The number of alkyl halides is 6. The van der Waals surface area contributed by atoms with Crippen LogP contribution in [0.2, 0.25) is 0 Å². The Labute approximate surface area is 325 Å². The highest BCUT2D eigenvalue weighted by molar-refractivity contribution is 6.10. The van der Waals surface area contributed by atoms with E-state index in [4.69, 9.17) is 19.4 Å². The SMILES string of the molecule is FC(F)(F)c1ccc2c(c1)c1cc(C(F)(F)F)ccc1n2-c1ccc(-c2ccc3c(c2)oc2ccccc23)cc1-c1nc(-c2ccccc2)nc(-c2ccccc2)n1. The molecule has 0 spiro atoms. The van der Waals surface area contributed by atoms with Crippen molar-refractivity contribution in [3.05, 3.63) is 169 Å². The van der Waals surface area contributed by atoms with Crippen LogP contribution in [-0.4, -0.2) is 19.5 Å². The molecule has 0 amide bonds. The average molecular weight is 777 g/mol. The molecule has 11 heteroatoms. The smallest absolute Gasteiger partial charge is 0.416 e. The van der Waals surface area contributed by atoms with Crippen molar-refractivity contribution in [1.29, 1.82) is 0 Å². The van der Waals surface area contributed by atoms with Crippen LogP contribution in [0.5, 0.6) is 0 Å². The number of halogens is 6. The first-order valence-corrected chi connectivity index (χ1v) is 18.2. The van der Waals surface area contributed by atoms with E-state index < -0.39 is 23.5 Å². The third-order valence-electron chi connectivity index (χ3n) is 10.3. The Kier molecular flexibility index (Phi) is 7.98. The van der Waals surface area contributed by atoms with Crippen molar-refractivity contribution in [2.24, 2.45) is 0 Å². The first kappa shape index (κ1) is 35.2. The lowest BCUT2D eigenvalue weighted by molar-refractivity contribution is -0.138. The van der Waals surface area contributed by atoms with Gasteiger partial charge in [0.2, 0.25) is 0 Å². The Morgan fingerprint density at radius 2 is 0.897 bits per heavy atom. The van der Waals surface area contributed by atoms with E-state index in [9.17, 15) is 26.3 Å². The standard InChI is InChI=1S/C47H26F6N4O/c48-46(49,50)31-17-21-38-35(25-31)36-26-32(47(51,52)53)18-22-39(36)57(38)40-20-16-29(30-15-19-34-33-13-7-8-14-41(33)58-42(34)24-30)23-37(40)45-55-43(27-9-3-1-4-10-27)54-44(56-45)28-11-5-2-6-12-28/h1-26H. The lowest BCUT2D eigenvalue weighted by atomic mass is 9.99. The Morgan fingerprint density at radius 3 is 1.48 bits per heavy atom. The van der Waals surface area contributed by atoms with Gasteiger partial charge in [0, 0.05) is 38.2 Å².